The minimum Gasteiger partial charge on any atom is -0.384 e. The van der Waals surface area contributed by atoms with Crippen LogP contribution < -0.4 is 11.1 Å². The number of amides is 1. The third-order valence-electron chi connectivity index (χ3n) is 3.45. The summed E-state index contributed by atoms with van der Waals surface area (Å²) in [4.78, 5) is 16.2. The molecule has 0 aliphatic heterocycles. The van der Waals surface area contributed by atoms with Gasteiger partial charge in [0.1, 0.15) is 5.82 Å². The predicted molar refractivity (Wildman–Crippen MR) is 78.9 cm³/mol. The SMILES string of the molecule is Cc1cc(C(=O)NCC(C(C)C)C(C)C)cc(N)n1. The van der Waals surface area contributed by atoms with E-state index >= 15 is 0 Å². The molecule has 4 nitrogen and oxygen atoms in total. The molecule has 0 bridgehead atoms. The molecule has 0 saturated heterocycles. The Morgan fingerprint density at radius 2 is 1.84 bits per heavy atom. The number of nitrogens with one attached hydrogen (secondary N) is 1. The maximum absolute atomic E-state index is 12.1. The van der Waals surface area contributed by atoms with Gasteiger partial charge in [-0.05, 0) is 36.8 Å². The average Bonchev–Trinajstić information content (AvgIpc) is 2.26. The van der Waals surface area contributed by atoms with Gasteiger partial charge in [0.15, 0.2) is 0 Å². The first-order valence-corrected chi connectivity index (χ1v) is 6.83. The van der Waals surface area contributed by atoms with Gasteiger partial charge in [0, 0.05) is 17.8 Å². The van der Waals surface area contributed by atoms with Crippen molar-refractivity contribution in [2.24, 2.45) is 17.8 Å². The van der Waals surface area contributed by atoms with Crippen LogP contribution in [0.15, 0.2) is 12.1 Å². The highest BCUT2D eigenvalue weighted by Crippen LogP contribution is 2.19. The van der Waals surface area contributed by atoms with E-state index in [4.69, 9.17) is 5.73 Å². The number of hydrogen-bond acceptors (Lipinski definition) is 3. The summed E-state index contributed by atoms with van der Waals surface area (Å²) in [5, 5.41) is 2.99. The first-order chi connectivity index (χ1) is 8.81. The molecule has 19 heavy (non-hydrogen) atoms. The molecule has 0 spiro atoms. The molecule has 0 aliphatic rings. The fourth-order valence-electron chi connectivity index (χ4n) is 2.38. The maximum Gasteiger partial charge on any atom is 0.251 e. The van der Waals surface area contributed by atoms with Gasteiger partial charge in [0.25, 0.3) is 5.91 Å². The number of anilines is 1. The van der Waals surface area contributed by atoms with E-state index in [9.17, 15) is 4.79 Å². The summed E-state index contributed by atoms with van der Waals surface area (Å²) in [6.45, 7) is 11.3. The largest absolute Gasteiger partial charge is 0.384 e. The molecule has 3 N–H and O–H groups in total. The zero-order valence-corrected chi connectivity index (χ0v) is 12.5. The predicted octanol–water partition coefficient (Wildman–Crippen LogP) is 2.63. The summed E-state index contributed by atoms with van der Waals surface area (Å²) >= 11 is 0. The third-order valence-corrected chi connectivity index (χ3v) is 3.45. The first-order valence-electron chi connectivity index (χ1n) is 6.83. The van der Waals surface area contributed by atoms with Crippen LogP contribution in [-0.2, 0) is 0 Å². The van der Waals surface area contributed by atoms with Crippen molar-refractivity contribution in [1.29, 1.82) is 0 Å². The number of rotatable bonds is 5. The molecule has 0 aliphatic carbocycles. The lowest BCUT2D eigenvalue weighted by molar-refractivity contribution is 0.0937. The lowest BCUT2D eigenvalue weighted by atomic mass is 9.85. The molecule has 1 aromatic rings. The molecular weight excluding hydrogens is 238 g/mol. The second-order valence-electron chi connectivity index (χ2n) is 5.78. The highest BCUT2D eigenvalue weighted by atomic mass is 16.1. The Balaban J connectivity index is 2.69. The highest BCUT2D eigenvalue weighted by Gasteiger charge is 2.18. The van der Waals surface area contributed by atoms with E-state index in [1.807, 2.05) is 6.92 Å². The van der Waals surface area contributed by atoms with Crippen molar-refractivity contribution in [3.63, 3.8) is 0 Å². The summed E-state index contributed by atoms with van der Waals surface area (Å²) < 4.78 is 0. The quantitative estimate of drug-likeness (QED) is 0.858. The van der Waals surface area contributed by atoms with Crippen LogP contribution in [0.5, 0.6) is 0 Å². The van der Waals surface area contributed by atoms with Crippen molar-refractivity contribution in [2.75, 3.05) is 12.3 Å². The van der Waals surface area contributed by atoms with Crippen molar-refractivity contribution in [1.82, 2.24) is 10.3 Å². The van der Waals surface area contributed by atoms with Gasteiger partial charge < -0.3 is 11.1 Å². The van der Waals surface area contributed by atoms with Crippen LogP contribution in [0, 0.1) is 24.7 Å². The Kier molecular flexibility index (Phi) is 5.33. The van der Waals surface area contributed by atoms with Crippen molar-refractivity contribution < 1.29 is 4.79 Å². The Labute approximate surface area is 115 Å². The molecule has 0 saturated carbocycles. The first kappa shape index (κ1) is 15.5. The number of nitrogens with zero attached hydrogens (tertiary/aromatic N) is 1. The van der Waals surface area contributed by atoms with Crippen LogP contribution in [0.2, 0.25) is 0 Å². The van der Waals surface area contributed by atoms with E-state index < -0.39 is 0 Å². The monoisotopic (exact) mass is 263 g/mol. The minimum absolute atomic E-state index is 0.0801. The lowest BCUT2D eigenvalue weighted by Gasteiger charge is -2.25. The summed E-state index contributed by atoms with van der Waals surface area (Å²) in [6.07, 6.45) is 0. The van der Waals surface area contributed by atoms with Crippen molar-refractivity contribution in [2.45, 2.75) is 34.6 Å². The van der Waals surface area contributed by atoms with Gasteiger partial charge in [0.05, 0.1) is 0 Å². The molecule has 0 fully saturated rings. The fourth-order valence-corrected chi connectivity index (χ4v) is 2.38. The second-order valence-corrected chi connectivity index (χ2v) is 5.78. The zero-order chi connectivity index (χ0) is 14.6. The number of hydrogen-bond donors (Lipinski definition) is 2. The minimum atomic E-state index is -0.0801. The van der Waals surface area contributed by atoms with E-state index in [-0.39, 0.29) is 5.91 Å². The number of aromatic nitrogens is 1. The Hall–Kier alpha value is -1.58. The van der Waals surface area contributed by atoms with Crippen LogP contribution in [-0.4, -0.2) is 17.4 Å². The summed E-state index contributed by atoms with van der Waals surface area (Å²) in [5.41, 5.74) is 7.00. The Bertz CT molecular complexity index is 413. The van der Waals surface area contributed by atoms with Crippen LogP contribution >= 0.6 is 0 Å². The molecule has 1 rings (SSSR count). The van der Waals surface area contributed by atoms with Crippen LogP contribution in [0.25, 0.3) is 0 Å². The highest BCUT2D eigenvalue weighted by molar-refractivity contribution is 5.94. The number of aryl methyl sites for hydroxylation is 1. The summed E-state index contributed by atoms with van der Waals surface area (Å²) in [6, 6.07) is 3.37. The second kappa shape index (κ2) is 6.55. The van der Waals surface area contributed by atoms with Crippen LogP contribution in [0.1, 0.15) is 43.7 Å². The number of nitrogen functional groups attached to an aromatic ring is 1. The van der Waals surface area contributed by atoms with Crippen LogP contribution in [0.3, 0.4) is 0 Å². The van der Waals surface area contributed by atoms with Crippen molar-refractivity contribution in [3.8, 4) is 0 Å². The van der Waals surface area contributed by atoms with Gasteiger partial charge in [0.2, 0.25) is 0 Å². The van der Waals surface area contributed by atoms with Gasteiger partial charge in [-0.3, -0.25) is 4.79 Å². The number of pyridine rings is 1. The molecule has 1 heterocycles. The Morgan fingerprint density at radius 3 is 2.32 bits per heavy atom. The zero-order valence-electron chi connectivity index (χ0n) is 12.5. The maximum atomic E-state index is 12.1. The van der Waals surface area contributed by atoms with Gasteiger partial charge in [-0.25, -0.2) is 4.98 Å². The number of nitrogens with two attached hydrogens (primary N) is 1. The van der Waals surface area contributed by atoms with Crippen molar-refractivity contribution >= 4 is 11.7 Å². The standard InChI is InChI=1S/C15H25N3O/c1-9(2)13(10(3)4)8-17-15(19)12-6-11(5)18-14(16)7-12/h6-7,9-10,13H,8H2,1-5H3,(H2,16,18)(H,17,19). The average molecular weight is 263 g/mol. The number of carbonyl (C=O) groups is 1. The summed E-state index contributed by atoms with van der Waals surface area (Å²) in [5.74, 6) is 1.87. The molecule has 0 aromatic carbocycles. The van der Waals surface area contributed by atoms with E-state index in [0.717, 1.165) is 5.69 Å². The molecular formula is C15H25N3O. The van der Waals surface area contributed by atoms with Gasteiger partial charge in [-0.2, -0.15) is 0 Å². The smallest absolute Gasteiger partial charge is 0.251 e. The number of carbonyl (C=O) groups excluding carboxylic acids is 1. The topological polar surface area (TPSA) is 68.0 Å². The normalized spacial score (nSPS) is 11.4. The molecule has 106 valence electrons. The molecule has 1 amide bonds. The van der Waals surface area contributed by atoms with E-state index in [1.54, 1.807) is 12.1 Å². The van der Waals surface area contributed by atoms with Gasteiger partial charge in [-0.1, -0.05) is 27.7 Å². The lowest BCUT2D eigenvalue weighted by Crippen LogP contribution is -2.34. The third kappa shape index (κ3) is 4.54. The van der Waals surface area contributed by atoms with Crippen molar-refractivity contribution in [3.05, 3.63) is 23.4 Å². The Morgan fingerprint density at radius 1 is 1.26 bits per heavy atom. The molecule has 0 radical (unpaired) electrons. The van der Waals surface area contributed by atoms with Gasteiger partial charge >= 0.3 is 0 Å². The molecule has 0 unspecified atom stereocenters. The molecule has 0 atom stereocenters. The van der Waals surface area contributed by atoms with Gasteiger partial charge in [-0.15, -0.1) is 0 Å². The molecule has 4 heteroatoms. The molecule has 1 aromatic heterocycles. The fraction of sp³-hybridized carbons (Fsp3) is 0.600. The summed E-state index contributed by atoms with van der Waals surface area (Å²) in [7, 11) is 0. The van der Waals surface area contributed by atoms with E-state index in [1.165, 1.54) is 0 Å². The van der Waals surface area contributed by atoms with E-state index in [2.05, 4.69) is 38.0 Å². The van der Waals surface area contributed by atoms with E-state index in [0.29, 0.717) is 35.7 Å². The van der Waals surface area contributed by atoms with Crippen LogP contribution in [0.4, 0.5) is 5.82 Å².